The highest BCUT2D eigenvalue weighted by Crippen LogP contribution is 2.24. The molecular formula is C19H19BrO2. The van der Waals surface area contributed by atoms with Crippen molar-refractivity contribution in [1.29, 1.82) is 0 Å². The largest absolute Gasteiger partial charge is 0.496 e. The first kappa shape index (κ1) is 16.5. The Kier molecular flexibility index (Phi) is 5.56. The summed E-state index contributed by atoms with van der Waals surface area (Å²) in [5, 5.41) is 0. The zero-order valence-corrected chi connectivity index (χ0v) is 14.6. The van der Waals surface area contributed by atoms with Crippen molar-refractivity contribution in [2.24, 2.45) is 0 Å². The summed E-state index contributed by atoms with van der Waals surface area (Å²) in [7, 11) is 1.62. The number of hydrogen-bond donors (Lipinski definition) is 0. The molecular weight excluding hydrogens is 340 g/mol. The van der Waals surface area contributed by atoms with Gasteiger partial charge in [-0.2, -0.15) is 0 Å². The minimum Gasteiger partial charge on any atom is -0.496 e. The molecule has 0 aliphatic heterocycles. The first-order valence-corrected chi connectivity index (χ1v) is 7.96. The Labute approximate surface area is 139 Å². The maximum absolute atomic E-state index is 12.2. The van der Waals surface area contributed by atoms with E-state index in [1.807, 2.05) is 42.5 Å². The lowest BCUT2D eigenvalue weighted by Crippen LogP contribution is -1.96. The van der Waals surface area contributed by atoms with Crippen LogP contribution < -0.4 is 4.74 Å². The third kappa shape index (κ3) is 4.08. The first-order valence-electron chi connectivity index (χ1n) is 7.17. The minimum absolute atomic E-state index is 0.0164. The number of benzene rings is 2. The van der Waals surface area contributed by atoms with Crippen LogP contribution in [0, 0.1) is 0 Å². The Balaban J connectivity index is 2.19. The van der Waals surface area contributed by atoms with E-state index in [1.54, 1.807) is 19.3 Å². The van der Waals surface area contributed by atoms with E-state index in [1.165, 1.54) is 5.56 Å². The average molecular weight is 359 g/mol. The molecule has 0 heterocycles. The van der Waals surface area contributed by atoms with Gasteiger partial charge in [-0.1, -0.05) is 54.0 Å². The molecule has 2 aromatic rings. The Morgan fingerprint density at radius 1 is 1.14 bits per heavy atom. The van der Waals surface area contributed by atoms with Crippen LogP contribution in [0.2, 0.25) is 0 Å². The van der Waals surface area contributed by atoms with Crippen LogP contribution in [-0.2, 0) is 0 Å². The Morgan fingerprint density at radius 3 is 2.41 bits per heavy atom. The second kappa shape index (κ2) is 7.41. The van der Waals surface area contributed by atoms with E-state index in [2.05, 4.69) is 29.8 Å². The second-order valence-corrected chi connectivity index (χ2v) is 6.28. The van der Waals surface area contributed by atoms with Crippen molar-refractivity contribution in [1.82, 2.24) is 0 Å². The second-order valence-electron chi connectivity index (χ2n) is 5.36. The molecule has 22 heavy (non-hydrogen) atoms. The topological polar surface area (TPSA) is 26.3 Å². The molecule has 0 N–H and O–H groups in total. The van der Waals surface area contributed by atoms with Crippen LogP contribution in [0.3, 0.4) is 0 Å². The molecule has 0 fully saturated rings. The van der Waals surface area contributed by atoms with E-state index in [4.69, 9.17) is 4.74 Å². The Morgan fingerprint density at radius 2 is 1.82 bits per heavy atom. The van der Waals surface area contributed by atoms with Crippen molar-refractivity contribution in [2.45, 2.75) is 19.8 Å². The van der Waals surface area contributed by atoms with Gasteiger partial charge in [0.05, 0.1) is 7.11 Å². The molecule has 0 radical (unpaired) electrons. The maximum atomic E-state index is 12.2. The normalized spacial score (nSPS) is 11.1. The van der Waals surface area contributed by atoms with Crippen molar-refractivity contribution < 1.29 is 9.53 Å². The first-order chi connectivity index (χ1) is 10.5. The smallest absolute Gasteiger partial charge is 0.185 e. The predicted octanol–water partition coefficient (Wildman–Crippen LogP) is 5.48. The summed E-state index contributed by atoms with van der Waals surface area (Å²) < 4.78 is 6.24. The summed E-state index contributed by atoms with van der Waals surface area (Å²) in [6, 6.07) is 13.5. The van der Waals surface area contributed by atoms with Gasteiger partial charge >= 0.3 is 0 Å². The van der Waals surface area contributed by atoms with Gasteiger partial charge in [-0.15, -0.1) is 0 Å². The van der Waals surface area contributed by atoms with Gasteiger partial charge in [-0.25, -0.2) is 0 Å². The van der Waals surface area contributed by atoms with Gasteiger partial charge in [-0.05, 0) is 41.8 Å². The lowest BCUT2D eigenvalue weighted by atomic mass is 10.0. The number of halogens is 1. The van der Waals surface area contributed by atoms with E-state index in [0.29, 0.717) is 11.5 Å². The van der Waals surface area contributed by atoms with Crippen LogP contribution in [-0.4, -0.2) is 12.9 Å². The van der Waals surface area contributed by atoms with E-state index >= 15 is 0 Å². The molecule has 0 unspecified atom stereocenters. The lowest BCUT2D eigenvalue weighted by Gasteiger charge is -2.06. The fraction of sp³-hybridized carbons (Fsp3) is 0.211. The zero-order valence-electron chi connectivity index (χ0n) is 13.0. The number of ether oxygens (including phenoxy) is 1. The number of carbonyl (C=O) groups excluding carboxylic acids is 1. The molecule has 2 nitrogen and oxygen atoms in total. The molecule has 0 spiro atoms. The number of ketones is 1. The molecule has 114 valence electrons. The fourth-order valence-corrected chi connectivity index (χ4v) is 2.51. The fourth-order valence-electron chi connectivity index (χ4n) is 2.13. The quantitative estimate of drug-likeness (QED) is 0.522. The van der Waals surface area contributed by atoms with Gasteiger partial charge < -0.3 is 4.74 Å². The molecule has 0 aliphatic rings. The third-order valence-electron chi connectivity index (χ3n) is 3.47. The van der Waals surface area contributed by atoms with E-state index in [0.717, 1.165) is 15.8 Å². The highest BCUT2D eigenvalue weighted by molar-refractivity contribution is 9.10. The van der Waals surface area contributed by atoms with Crippen molar-refractivity contribution in [3.05, 3.63) is 69.7 Å². The van der Waals surface area contributed by atoms with Crippen LogP contribution in [0.1, 0.15) is 41.3 Å². The molecule has 0 aliphatic carbocycles. The number of rotatable bonds is 5. The highest BCUT2D eigenvalue weighted by atomic mass is 79.9. The van der Waals surface area contributed by atoms with E-state index in [9.17, 15) is 4.79 Å². The number of methoxy groups -OCH3 is 1. The minimum atomic E-state index is -0.0164. The summed E-state index contributed by atoms with van der Waals surface area (Å²) in [6.07, 6.45) is 3.36. The highest BCUT2D eigenvalue weighted by Gasteiger charge is 2.05. The summed E-state index contributed by atoms with van der Waals surface area (Å²) in [4.78, 5) is 12.2. The average Bonchev–Trinajstić information content (AvgIpc) is 2.52. The van der Waals surface area contributed by atoms with Gasteiger partial charge in [-0.3, -0.25) is 4.79 Å². The standard InChI is InChI=1S/C19H19BrO2/c1-13(2)14-4-6-15(7-5-14)18(21)10-8-16-12-17(20)9-11-19(16)22-3/h4-13H,1-3H3/b10-8+. The van der Waals surface area contributed by atoms with Crippen molar-refractivity contribution in [3.8, 4) is 5.75 Å². The van der Waals surface area contributed by atoms with Crippen molar-refractivity contribution >= 4 is 27.8 Å². The maximum Gasteiger partial charge on any atom is 0.185 e. The predicted molar refractivity (Wildman–Crippen MR) is 94.6 cm³/mol. The van der Waals surface area contributed by atoms with Crippen molar-refractivity contribution in [2.75, 3.05) is 7.11 Å². The van der Waals surface area contributed by atoms with Gasteiger partial charge in [0, 0.05) is 15.6 Å². The molecule has 0 aromatic heterocycles. The van der Waals surface area contributed by atoms with Crippen molar-refractivity contribution in [3.63, 3.8) is 0 Å². The number of carbonyl (C=O) groups is 1. The van der Waals surface area contributed by atoms with E-state index < -0.39 is 0 Å². The number of hydrogen-bond acceptors (Lipinski definition) is 2. The Bertz CT molecular complexity index is 685. The van der Waals surface area contributed by atoms with Crippen LogP contribution in [0.15, 0.2) is 53.0 Å². The summed E-state index contributed by atoms with van der Waals surface area (Å²) >= 11 is 3.42. The van der Waals surface area contributed by atoms with Crippen LogP contribution in [0.5, 0.6) is 5.75 Å². The van der Waals surface area contributed by atoms with E-state index in [-0.39, 0.29) is 5.78 Å². The lowest BCUT2D eigenvalue weighted by molar-refractivity contribution is 0.104. The number of allylic oxidation sites excluding steroid dienone is 1. The molecule has 2 rings (SSSR count). The Hall–Kier alpha value is -1.87. The monoisotopic (exact) mass is 358 g/mol. The molecule has 0 bridgehead atoms. The molecule has 2 aromatic carbocycles. The summed E-state index contributed by atoms with van der Waals surface area (Å²) in [5.74, 6) is 1.19. The van der Waals surface area contributed by atoms with Gasteiger partial charge in [0.15, 0.2) is 5.78 Å². The molecule has 0 saturated carbocycles. The van der Waals surface area contributed by atoms with Gasteiger partial charge in [0.1, 0.15) is 5.75 Å². The van der Waals surface area contributed by atoms with Crippen LogP contribution in [0.25, 0.3) is 6.08 Å². The zero-order chi connectivity index (χ0) is 16.1. The molecule has 0 amide bonds. The third-order valence-corrected chi connectivity index (χ3v) is 3.96. The molecule has 0 saturated heterocycles. The summed E-state index contributed by atoms with van der Waals surface area (Å²) in [6.45, 7) is 4.27. The van der Waals surface area contributed by atoms with Gasteiger partial charge in [0.2, 0.25) is 0 Å². The molecule has 0 atom stereocenters. The summed E-state index contributed by atoms with van der Waals surface area (Å²) in [5.41, 5.74) is 2.79. The SMILES string of the molecule is COc1ccc(Br)cc1/C=C/C(=O)c1ccc(C(C)C)cc1. The van der Waals surface area contributed by atoms with Crippen LogP contribution in [0.4, 0.5) is 0 Å². The molecule has 3 heteroatoms. The van der Waals surface area contributed by atoms with Crippen LogP contribution >= 0.6 is 15.9 Å². The van der Waals surface area contributed by atoms with Gasteiger partial charge in [0.25, 0.3) is 0 Å².